The number of urea groups is 1. The van der Waals surface area contributed by atoms with E-state index in [9.17, 15) is 4.79 Å². The van der Waals surface area contributed by atoms with Gasteiger partial charge >= 0.3 is 6.03 Å². The maximum atomic E-state index is 12.6. The maximum absolute atomic E-state index is 12.6. The predicted molar refractivity (Wildman–Crippen MR) is 91.9 cm³/mol. The summed E-state index contributed by atoms with van der Waals surface area (Å²) in [6.07, 6.45) is 4.13. The van der Waals surface area contributed by atoms with Crippen LogP contribution in [0.25, 0.3) is 0 Å². The van der Waals surface area contributed by atoms with E-state index in [0.717, 1.165) is 0 Å². The lowest BCUT2D eigenvalue weighted by molar-refractivity contribution is 0.110. The summed E-state index contributed by atoms with van der Waals surface area (Å²) in [7, 11) is 0. The molecule has 0 aliphatic carbocycles. The number of nitrogens with one attached hydrogen (secondary N) is 1. The summed E-state index contributed by atoms with van der Waals surface area (Å²) in [6, 6.07) is 7.51. The van der Waals surface area contributed by atoms with E-state index in [2.05, 4.69) is 25.2 Å². The zero-order valence-corrected chi connectivity index (χ0v) is 14.1. The monoisotopic (exact) mass is 318 g/mol. The molecule has 2 amide bonds. The van der Waals surface area contributed by atoms with Gasteiger partial charge in [0.1, 0.15) is 12.4 Å². The van der Waals surface area contributed by atoms with Crippen LogP contribution in [0.1, 0.15) is 20.8 Å². The summed E-state index contributed by atoms with van der Waals surface area (Å²) in [6.45, 7) is 8.48. The number of hydrogen-bond acceptors (Lipinski definition) is 3. The summed E-state index contributed by atoms with van der Waals surface area (Å²) < 4.78 is 11.0. The summed E-state index contributed by atoms with van der Waals surface area (Å²) in [4.78, 5) is 14.4. The predicted octanol–water partition coefficient (Wildman–Crippen LogP) is 3.53. The van der Waals surface area contributed by atoms with Gasteiger partial charge in [0.05, 0.1) is 18.3 Å². The lowest BCUT2D eigenvalue weighted by Gasteiger charge is -2.28. The van der Waals surface area contributed by atoms with Crippen molar-refractivity contribution in [2.24, 2.45) is 5.92 Å². The number of carbonyl (C=O) groups excluding carboxylic acids is 1. The van der Waals surface area contributed by atoms with E-state index in [1.807, 2.05) is 42.2 Å². The molecule has 0 aromatic heterocycles. The summed E-state index contributed by atoms with van der Waals surface area (Å²) in [5, 5.41) is 2.96. The van der Waals surface area contributed by atoms with Crippen LogP contribution in [-0.2, 0) is 4.74 Å². The Hall–Kier alpha value is -2.01. The van der Waals surface area contributed by atoms with Crippen LogP contribution in [0.5, 0.6) is 5.75 Å². The van der Waals surface area contributed by atoms with Crippen molar-refractivity contribution in [3.05, 3.63) is 36.4 Å². The second-order valence-corrected chi connectivity index (χ2v) is 5.79. The van der Waals surface area contributed by atoms with Crippen LogP contribution in [0.3, 0.4) is 0 Å². The molecule has 2 rings (SSSR count). The van der Waals surface area contributed by atoms with E-state index >= 15 is 0 Å². The average Bonchev–Trinajstić information content (AvgIpc) is 3.03. The molecule has 1 aliphatic rings. The Balaban J connectivity index is 1.98. The molecular formula is C18H26N2O3. The zero-order chi connectivity index (χ0) is 16.7. The van der Waals surface area contributed by atoms with Crippen molar-refractivity contribution >= 4 is 11.7 Å². The Morgan fingerprint density at radius 1 is 1.35 bits per heavy atom. The van der Waals surface area contributed by atoms with Crippen LogP contribution in [0, 0.1) is 5.92 Å². The standard InChI is InChI=1S/C18H26N2O3/c1-4-22-12-13-23-17-10-6-5-8-15(17)19-18(21)20-11-7-9-16(20)14(2)3/h5-10,14,16H,4,11-13H2,1-3H3,(H,19,21). The van der Waals surface area contributed by atoms with Gasteiger partial charge in [-0.2, -0.15) is 0 Å². The number of hydrogen-bond donors (Lipinski definition) is 1. The number of carbonyl (C=O) groups is 1. The van der Waals surface area contributed by atoms with Crippen molar-refractivity contribution in [1.82, 2.24) is 4.90 Å². The summed E-state index contributed by atoms with van der Waals surface area (Å²) in [5.41, 5.74) is 0.684. The lowest BCUT2D eigenvalue weighted by Crippen LogP contribution is -2.41. The number of anilines is 1. The van der Waals surface area contributed by atoms with Crippen LogP contribution < -0.4 is 10.1 Å². The van der Waals surface area contributed by atoms with E-state index in [1.54, 1.807) is 0 Å². The van der Waals surface area contributed by atoms with Crippen molar-refractivity contribution in [2.45, 2.75) is 26.8 Å². The Labute approximate surface area is 138 Å². The third-order valence-electron chi connectivity index (χ3n) is 3.76. The van der Waals surface area contributed by atoms with Gasteiger partial charge in [-0.3, -0.25) is 0 Å². The molecule has 0 bridgehead atoms. The van der Waals surface area contributed by atoms with E-state index in [4.69, 9.17) is 9.47 Å². The molecule has 0 radical (unpaired) electrons. The summed E-state index contributed by atoms with van der Waals surface area (Å²) >= 11 is 0. The van der Waals surface area contributed by atoms with Gasteiger partial charge < -0.3 is 19.7 Å². The van der Waals surface area contributed by atoms with Crippen LogP contribution in [0.4, 0.5) is 10.5 Å². The number of nitrogens with zero attached hydrogens (tertiary/aromatic N) is 1. The van der Waals surface area contributed by atoms with Crippen molar-refractivity contribution < 1.29 is 14.3 Å². The number of rotatable bonds is 7. The minimum absolute atomic E-state index is 0.102. The molecule has 5 nitrogen and oxygen atoms in total. The van der Waals surface area contributed by atoms with Crippen molar-refractivity contribution in [2.75, 3.05) is 31.7 Å². The van der Waals surface area contributed by atoms with E-state index in [-0.39, 0.29) is 12.1 Å². The van der Waals surface area contributed by atoms with E-state index in [0.29, 0.717) is 43.7 Å². The van der Waals surface area contributed by atoms with Gasteiger partial charge in [-0.1, -0.05) is 38.1 Å². The SMILES string of the molecule is CCOCCOc1ccccc1NC(=O)N1CC=CC1C(C)C. The molecule has 1 aromatic rings. The number of benzene rings is 1. The van der Waals surface area contributed by atoms with Gasteiger partial charge in [0.25, 0.3) is 0 Å². The second-order valence-electron chi connectivity index (χ2n) is 5.79. The largest absolute Gasteiger partial charge is 0.489 e. The van der Waals surface area contributed by atoms with Crippen LogP contribution in [0.2, 0.25) is 0 Å². The zero-order valence-electron chi connectivity index (χ0n) is 14.1. The number of amides is 2. The molecule has 0 saturated heterocycles. The molecule has 5 heteroatoms. The molecule has 23 heavy (non-hydrogen) atoms. The van der Waals surface area contributed by atoms with Crippen molar-refractivity contribution in [3.63, 3.8) is 0 Å². The average molecular weight is 318 g/mol. The van der Waals surface area contributed by atoms with Crippen LogP contribution in [-0.4, -0.2) is 43.3 Å². The van der Waals surface area contributed by atoms with Gasteiger partial charge in [0, 0.05) is 13.2 Å². The number of para-hydroxylation sites is 2. The smallest absolute Gasteiger partial charge is 0.322 e. The van der Waals surface area contributed by atoms with Crippen molar-refractivity contribution in [1.29, 1.82) is 0 Å². The van der Waals surface area contributed by atoms with Crippen LogP contribution >= 0.6 is 0 Å². The minimum atomic E-state index is -0.102. The number of ether oxygens (including phenoxy) is 2. The highest BCUT2D eigenvalue weighted by molar-refractivity contribution is 5.91. The molecule has 0 saturated carbocycles. The van der Waals surface area contributed by atoms with Gasteiger partial charge in [-0.15, -0.1) is 0 Å². The second kappa shape index (κ2) is 8.58. The lowest BCUT2D eigenvalue weighted by atomic mass is 10.1. The molecule has 0 fully saturated rings. The first-order valence-corrected chi connectivity index (χ1v) is 8.17. The highest BCUT2D eigenvalue weighted by atomic mass is 16.5. The fourth-order valence-electron chi connectivity index (χ4n) is 2.58. The van der Waals surface area contributed by atoms with Gasteiger partial charge in [0.2, 0.25) is 0 Å². The molecule has 1 atom stereocenters. The van der Waals surface area contributed by atoms with E-state index in [1.165, 1.54) is 0 Å². The topological polar surface area (TPSA) is 50.8 Å². The fraction of sp³-hybridized carbons (Fsp3) is 0.500. The molecule has 126 valence electrons. The maximum Gasteiger partial charge on any atom is 0.322 e. The van der Waals surface area contributed by atoms with Crippen molar-refractivity contribution in [3.8, 4) is 5.75 Å². The first-order valence-electron chi connectivity index (χ1n) is 8.17. The van der Waals surface area contributed by atoms with Gasteiger partial charge in [0.15, 0.2) is 0 Å². The molecule has 1 unspecified atom stereocenters. The molecule has 1 heterocycles. The van der Waals surface area contributed by atoms with Gasteiger partial charge in [-0.25, -0.2) is 4.79 Å². The Morgan fingerprint density at radius 2 is 2.13 bits per heavy atom. The molecular weight excluding hydrogens is 292 g/mol. The third-order valence-corrected chi connectivity index (χ3v) is 3.76. The first kappa shape index (κ1) is 17.3. The fourth-order valence-corrected chi connectivity index (χ4v) is 2.58. The Kier molecular flexibility index (Phi) is 6.47. The Morgan fingerprint density at radius 3 is 2.87 bits per heavy atom. The molecule has 1 aliphatic heterocycles. The summed E-state index contributed by atoms with van der Waals surface area (Å²) in [5.74, 6) is 1.05. The normalized spacial score (nSPS) is 16.9. The first-order chi connectivity index (χ1) is 11.1. The highest BCUT2D eigenvalue weighted by Crippen LogP contribution is 2.25. The van der Waals surface area contributed by atoms with E-state index < -0.39 is 0 Å². The third kappa shape index (κ3) is 4.73. The Bertz CT molecular complexity index is 543. The highest BCUT2D eigenvalue weighted by Gasteiger charge is 2.27. The van der Waals surface area contributed by atoms with Crippen LogP contribution in [0.15, 0.2) is 36.4 Å². The molecule has 1 aromatic carbocycles. The molecule has 1 N–H and O–H groups in total. The minimum Gasteiger partial charge on any atom is -0.489 e. The van der Waals surface area contributed by atoms with Gasteiger partial charge in [-0.05, 0) is 25.0 Å². The quantitative estimate of drug-likeness (QED) is 0.618. The molecule has 0 spiro atoms.